The number of thiophene rings is 1. The van der Waals surface area contributed by atoms with E-state index in [9.17, 15) is 4.79 Å². The first-order chi connectivity index (χ1) is 13.6. The first kappa shape index (κ1) is 18.6. The van der Waals surface area contributed by atoms with E-state index >= 15 is 0 Å². The summed E-state index contributed by atoms with van der Waals surface area (Å²) in [6, 6.07) is 7.37. The lowest BCUT2D eigenvalue weighted by molar-refractivity contribution is 0.103. The van der Waals surface area contributed by atoms with Gasteiger partial charge in [0, 0.05) is 17.1 Å². The number of nitrogens with two attached hydrogens (primary N) is 1. The van der Waals surface area contributed by atoms with Crippen LogP contribution in [0, 0.1) is 0 Å². The van der Waals surface area contributed by atoms with Crippen molar-refractivity contribution in [2.45, 2.75) is 32.1 Å². The number of carbonyl (C=O) groups is 1. The molecule has 0 bridgehead atoms. The standard InChI is InChI=1S/C21H23N3O3S/c1-26-13-8-9-16(17(11-13)27-2)23-20(25)19-18(22)14-10-12-6-4-3-5-7-15(12)24-21(14)28-19/h8-11H,3-7,22H2,1-2H3,(H,23,25). The lowest BCUT2D eigenvalue weighted by atomic mass is 10.1. The molecule has 0 aliphatic heterocycles. The Morgan fingerprint density at radius 3 is 2.75 bits per heavy atom. The van der Waals surface area contributed by atoms with Crippen molar-refractivity contribution in [2.75, 3.05) is 25.3 Å². The summed E-state index contributed by atoms with van der Waals surface area (Å²) >= 11 is 1.34. The third-order valence-corrected chi connectivity index (χ3v) is 6.23. The van der Waals surface area contributed by atoms with Gasteiger partial charge in [-0.05, 0) is 49.4 Å². The van der Waals surface area contributed by atoms with Crippen LogP contribution >= 0.6 is 11.3 Å². The number of nitrogens with one attached hydrogen (secondary N) is 1. The van der Waals surface area contributed by atoms with Crippen molar-refractivity contribution in [3.63, 3.8) is 0 Å². The average molecular weight is 398 g/mol. The summed E-state index contributed by atoms with van der Waals surface area (Å²) in [6.45, 7) is 0. The molecule has 4 rings (SSSR count). The summed E-state index contributed by atoms with van der Waals surface area (Å²) in [5.74, 6) is 0.915. The number of aromatic nitrogens is 1. The van der Waals surface area contributed by atoms with Gasteiger partial charge in [-0.25, -0.2) is 4.98 Å². The second kappa shape index (κ2) is 7.67. The first-order valence-corrected chi connectivity index (χ1v) is 10.2. The molecule has 1 aliphatic carbocycles. The summed E-state index contributed by atoms with van der Waals surface area (Å²) in [4.78, 5) is 19.0. The number of rotatable bonds is 4. The van der Waals surface area contributed by atoms with E-state index in [4.69, 9.17) is 20.2 Å². The normalized spacial score (nSPS) is 13.6. The molecular formula is C21H23N3O3S. The van der Waals surface area contributed by atoms with E-state index in [1.54, 1.807) is 32.4 Å². The fourth-order valence-corrected chi connectivity index (χ4v) is 4.58. The van der Waals surface area contributed by atoms with Crippen molar-refractivity contribution in [3.05, 3.63) is 40.4 Å². The maximum Gasteiger partial charge on any atom is 0.268 e. The van der Waals surface area contributed by atoms with Gasteiger partial charge < -0.3 is 20.5 Å². The quantitative estimate of drug-likeness (QED) is 0.637. The fraction of sp³-hybridized carbons (Fsp3) is 0.333. The predicted molar refractivity (Wildman–Crippen MR) is 113 cm³/mol. The first-order valence-electron chi connectivity index (χ1n) is 9.35. The van der Waals surface area contributed by atoms with E-state index in [0.717, 1.165) is 35.2 Å². The van der Waals surface area contributed by atoms with E-state index in [-0.39, 0.29) is 5.91 Å². The Hall–Kier alpha value is -2.80. The molecule has 0 unspecified atom stereocenters. The van der Waals surface area contributed by atoms with Gasteiger partial charge in [-0.2, -0.15) is 0 Å². The number of nitrogen functional groups attached to an aromatic ring is 1. The summed E-state index contributed by atoms with van der Waals surface area (Å²) in [6.07, 6.45) is 5.59. The average Bonchev–Trinajstić information content (AvgIpc) is 2.88. The van der Waals surface area contributed by atoms with Crippen LogP contribution in [0.5, 0.6) is 11.5 Å². The maximum atomic E-state index is 12.9. The minimum Gasteiger partial charge on any atom is -0.497 e. The maximum absolute atomic E-state index is 12.9. The highest BCUT2D eigenvalue weighted by molar-refractivity contribution is 7.21. The van der Waals surface area contributed by atoms with Crippen LogP contribution < -0.4 is 20.5 Å². The summed E-state index contributed by atoms with van der Waals surface area (Å²) < 4.78 is 10.6. The Labute approximate surface area is 167 Å². The van der Waals surface area contributed by atoms with Gasteiger partial charge in [0.15, 0.2) is 0 Å². The molecule has 0 atom stereocenters. The van der Waals surface area contributed by atoms with Gasteiger partial charge in [0.25, 0.3) is 5.91 Å². The highest BCUT2D eigenvalue weighted by atomic mass is 32.1. The van der Waals surface area contributed by atoms with Crippen LogP contribution in [-0.2, 0) is 12.8 Å². The van der Waals surface area contributed by atoms with Gasteiger partial charge in [0.05, 0.1) is 25.6 Å². The number of pyridine rings is 1. The Kier molecular flexibility index (Phi) is 5.09. The third-order valence-electron chi connectivity index (χ3n) is 5.11. The summed E-state index contributed by atoms with van der Waals surface area (Å²) in [5, 5.41) is 3.77. The second-order valence-electron chi connectivity index (χ2n) is 6.87. The van der Waals surface area contributed by atoms with Crippen molar-refractivity contribution >= 4 is 38.8 Å². The smallest absolute Gasteiger partial charge is 0.268 e. The molecule has 28 heavy (non-hydrogen) atoms. The molecule has 1 aromatic carbocycles. The molecule has 1 amide bonds. The topological polar surface area (TPSA) is 86.5 Å². The number of carbonyl (C=O) groups excluding carboxylic acids is 1. The molecule has 1 aliphatic rings. The van der Waals surface area contributed by atoms with E-state index in [2.05, 4.69) is 11.4 Å². The number of amides is 1. The number of hydrogen-bond donors (Lipinski definition) is 2. The van der Waals surface area contributed by atoms with Crippen molar-refractivity contribution in [2.24, 2.45) is 0 Å². The van der Waals surface area contributed by atoms with Crippen LogP contribution in [0.25, 0.3) is 10.2 Å². The lowest BCUT2D eigenvalue weighted by Gasteiger charge is -2.11. The van der Waals surface area contributed by atoms with Gasteiger partial charge in [0.1, 0.15) is 21.2 Å². The third kappa shape index (κ3) is 3.38. The molecule has 0 fully saturated rings. The molecule has 146 valence electrons. The molecule has 3 aromatic rings. The highest BCUT2D eigenvalue weighted by Crippen LogP contribution is 2.36. The largest absolute Gasteiger partial charge is 0.497 e. The highest BCUT2D eigenvalue weighted by Gasteiger charge is 2.21. The number of fused-ring (bicyclic) bond motifs is 2. The van der Waals surface area contributed by atoms with Crippen molar-refractivity contribution in [3.8, 4) is 11.5 Å². The van der Waals surface area contributed by atoms with Crippen LogP contribution in [0.3, 0.4) is 0 Å². The number of aryl methyl sites for hydroxylation is 2. The van der Waals surface area contributed by atoms with Gasteiger partial charge in [0.2, 0.25) is 0 Å². The molecule has 2 aromatic heterocycles. The zero-order valence-corrected chi connectivity index (χ0v) is 16.8. The Morgan fingerprint density at radius 1 is 1.14 bits per heavy atom. The SMILES string of the molecule is COc1ccc(NC(=O)c2sc3nc4c(cc3c2N)CCCCC4)c(OC)c1. The molecule has 0 saturated heterocycles. The zero-order chi connectivity index (χ0) is 19.7. The number of benzene rings is 1. The second-order valence-corrected chi connectivity index (χ2v) is 7.87. The Balaban J connectivity index is 1.67. The van der Waals surface area contributed by atoms with Crippen LogP contribution in [0.1, 0.15) is 40.2 Å². The molecule has 0 saturated carbocycles. The van der Waals surface area contributed by atoms with Crippen LogP contribution in [-0.4, -0.2) is 25.1 Å². The molecule has 0 radical (unpaired) electrons. The van der Waals surface area contributed by atoms with Gasteiger partial charge >= 0.3 is 0 Å². The molecule has 2 heterocycles. The van der Waals surface area contributed by atoms with Crippen LogP contribution in [0.2, 0.25) is 0 Å². The number of hydrogen-bond acceptors (Lipinski definition) is 6. The van der Waals surface area contributed by atoms with E-state index in [1.165, 1.54) is 29.7 Å². The Bertz CT molecular complexity index is 1050. The molecular weight excluding hydrogens is 374 g/mol. The predicted octanol–water partition coefficient (Wildman–Crippen LogP) is 4.42. The summed E-state index contributed by atoms with van der Waals surface area (Å²) in [5.41, 5.74) is 9.80. The van der Waals surface area contributed by atoms with Crippen molar-refractivity contribution in [1.82, 2.24) is 4.98 Å². The minimum absolute atomic E-state index is 0.265. The van der Waals surface area contributed by atoms with Gasteiger partial charge in [-0.15, -0.1) is 11.3 Å². The number of ether oxygens (including phenoxy) is 2. The summed E-state index contributed by atoms with van der Waals surface area (Å²) in [7, 11) is 3.13. The monoisotopic (exact) mass is 397 g/mol. The van der Waals surface area contributed by atoms with Gasteiger partial charge in [-0.1, -0.05) is 6.42 Å². The van der Waals surface area contributed by atoms with Crippen LogP contribution in [0.15, 0.2) is 24.3 Å². The minimum atomic E-state index is -0.265. The van der Waals surface area contributed by atoms with Crippen LogP contribution in [0.4, 0.5) is 11.4 Å². The molecule has 0 spiro atoms. The zero-order valence-electron chi connectivity index (χ0n) is 16.0. The van der Waals surface area contributed by atoms with Crippen molar-refractivity contribution in [1.29, 1.82) is 0 Å². The molecule has 3 N–H and O–H groups in total. The number of anilines is 2. The molecule has 6 nitrogen and oxygen atoms in total. The number of nitrogens with zero attached hydrogens (tertiary/aromatic N) is 1. The number of methoxy groups -OCH3 is 2. The van der Waals surface area contributed by atoms with E-state index < -0.39 is 0 Å². The molecule has 7 heteroatoms. The lowest BCUT2D eigenvalue weighted by Crippen LogP contribution is -2.12. The van der Waals surface area contributed by atoms with Crippen molar-refractivity contribution < 1.29 is 14.3 Å². The Morgan fingerprint density at radius 2 is 1.96 bits per heavy atom. The van der Waals surface area contributed by atoms with Gasteiger partial charge in [-0.3, -0.25) is 4.79 Å². The van der Waals surface area contributed by atoms with E-state index in [1.807, 2.05) is 0 Å². The van der Waals surface area contributed by atoms with E-state index in [0.29, 0.717) is 27.8 Å². The fourth-order valence-electron chi connectivity index (χ4n) is 3.59.